The first-order valence-corrected chi connectivity index (χ1v) is 5.62. The summed E-state index contributed by atoms with van der Waals surface area (Å²) < 4.78 is 0. The molecule has 1 aliphatic rings. The maximum absolute atomic E-state index is 10.7. The Morgan fingerprint density at radius 2 is 2.06 bits per heavy atom. The number of nitrogens with zero attached hydrogens (tertiary/aromatic N) is 2. The second kappa shape index (κ2) is 4.98. The quantitative estimate of drug-likeness (QED) is 0.440. The molecule has 0 aromatic heterocycles. The number of nitro benzene ring substituents is 1. The molecule has 1 aliphatic heterocycles. The van der Waals surface area contributed by atoms with Crippen molar-refractivity contribution in [3.05, 3.63) is 39.4 Å². The molecule has 0 saturated carbocycles. The fraction of sp³-hybridized carbons (Fsp3) is 0.385. The number of terminal acetylenes is 1. The lowest BCUT2D eigenvalue weighted by Gasteiger charge is -2.15. The molecule has 0 fully saturated rings. The highest BCUT2D eigenvalue weighted by Crippen LogP contribution is 2.21. The summed E-state index contributed by atoms with van der Waals surface area (Å²) in [4.78, 5) is 12.6. The molecule has 2 rings (SSSR count). The van der Waals surface area contributed by atoms with Gasteiger partial charge in [0.25, 0.3) is 5.69 Å². The summed E-state index contributed by atoms with van der Waals surface area (Å²) >= 11 is 0. The summed E-state index contributed by atoms with van der Waals surface area (Å²) in [5.41, 5.74) is 2.46. The van der Waals surface area contributed by atoms with Crippen molar-refractivity contribution < 1.29 is 4.92 Å². The van der Waals surface area contributed by atoms with Crippen molar-refractivity contribution in [1.29, 1.82) is 0 Å². The van der Waals surface area contributed by atoms with E-state index < -0.39 is 0 Å². The molecule has 0 amide bonds. The number of fused-ring (bicyclic) bond motifs is 1. The Morgan fingerprint density at radius 3 is 2.71 bits per heavy atom. The van der Waals surface area contributed by atoms with Gasteiger partial charge in [0.2, 0.25) is 0 Å². The number of rotatable bonds is 2. The van der Waals surface area contributed by atoms with Gasteiger partial charge in [0.15, 0.2) is 0 Å². The van der Waals surface area contributed by atoms with Crippen LogP contribution in [0.3, 0.4) is 0 Å². The maximum Gasteiger partial charge on any atom is 0.269 e. The second-order valence-corrected chi connectivity index (χ2v) is 4.19. The Kier molecular flexibility index (Phi) is 3.40. The molecule has 0 spiro atoms. The number of hydrogen-bond donors (Lipinski definition) is 0. The van der Waals surface area contributed by atoms with Crippen molar-refractivity contribution in [2.75, 3.05) is 19.6 Å². The molecule has 1 aromatic carbocycles. The van der Waals surface area contributed by atoms with Crippen LogP contribution in [0, 0.1) is 22.5 Å². The van der Waals surface area contributed by atoms with E-state index in [1.165, 1.54) is 5.56 Å². The van der Waals surface area contributed by atoms with E-state index in [0.717, 1.165) is 31.5 Å². The Morgan fingerprint density at radius 1 is 1.35 bits per heavy atom. The van der Waals surface area contributed by atoms with E-state index in [9.17, 15) is 10.1 Å². The van der Waals surface area contributed by atoms with Crippen molar-refractivity contribution in [3.63, 3.8) is 0 Å². The fourth-order valence-corrected chi connectivity index (χ4v) is 2.16. The van der Waals surface area contributed by atoms with Gasteiger partial charge in [-0.05, 0) is 24.0 Å². The average molecular weight is 230 g/mol. The maximum atomic E-state index is 10.7. The number of nitro groups is 1. The van der Waals surface area contributed by atoms with E-state index in [4.69, 9.17) is 6.42 Å². The fourth-order valence-electron chi connectivity index (χ4n) is 2.16. The molecule has 0 unspecified atom stereocenters. The molecule has 4 heteroatoms. The SMILES string of the molecule is C#CCN1CCc2ccc([N+](=O)[O-])cc2CC1. The van der Waals surface area contributed by atoms with Gasteiger partial charge in [-0.25, -0.2) is 0 Å². The standard InChI is InChI=1S/C13H14N2O2/c1-2-7-14-8-5-11-3-4-13(15(16)17)10-12(11)6-9-14/h1,3-4,10H,5-9H2. The monoisotopic (exact) mass is 230 g/mol. The summed E-state index contributed by atoms with van der Waals surface area (Å²) in [6.45, 7) is 2.45. The Hall–Kier alpha value is -1.86. The van der Waals surface area contributed by atoms with Gasteiger partial charge in [-0.3, -0.25) is 15.0 Å². The molecule has 0 bridgehead atoms. The van der Waals surface area contributed by atoms with Crippen LogP contribution in [0.1, 0.15) is 11.1 Å². The molecular weight excluding hydrogens is 216 g/mol. The first kappa shape index (κ1) is 11.6. The Balaban J connectivity index is 2.20. The van der Waals surface area contributed by atoms with Gasteiger partial charge < -0.3 is 0 Å². The van der Waals surface area contributed by atoms with Gasteiger partial charge in [0.05, 0.1) is 11.5 Å². The van der Waals surface area contributed by atoms with Crippen LogP contribution in [-0.4, -0.2) is 29.5 Å². The van der Waals surface area contributed by atoms with Crippen LogP contribution in [0.4, 0.5) is 5.69 Å². The summed E-state index contributed by atoms with van der Waals surface area (Å²) in [5, 5.41) is 10.7. The first-order chi connectivity index (χ1) is 8.20. The molecule has 1 aromatic rings. The van der Waals surface area contributed by atoms with E-state index in [0.29, 0.717) is 6.54 Å². The van der Waals surface area contributed by atoms with Crippen LogP contribution in [0.2, 0.25) is 0 Å². The predicted molar refractivity (Wildman–Crippen MR) is 65.8 cm³/mol. The van der Waals surface area contributed by atoms with E-state index in [1.807, 2.05) is 6.07 Å². The van der Waals surface area contributed by atoms with Gasteiger partial charge in [-0.15, -0.1) is 6.42 Å². The molecule has 17 heavy (non-hydrogen) atoms. The van der Waals surface area contributed by atoms with Gasteiger partial charge in [0.1, 0.15) is 0 Å². The average Bonchev–Trinajstić information content (AvgIpc) is 2.52. The third-order valence-electron chi connectivity index (χ3n) is 3.11. The molecule has 0 radical (unpaired) electrons. The summed E-state index contributed by atoms with van der Waals surface area (Å²) in [6.07, 6.45) is 7.04. The smallest absolute Gasteiger partial charge is 0.269 e. The number of non-ortho nitro benzene ring substituents is 1. The van der Waals surface area contributed by atoms with Crippen LogP contribution in [-0.2, 0) is 12.8 Å². The predicted octanol–water partition coefficient (Wildman–Crippen LogP) is 1.63. The Bertz CT molecular complexity index is 477. The highest BCUT2D eigenvalue weighted by molar-refractivity contribution is 5.40. The third-order valence-corrected chi connectivity index (χ3v) is 3.11. The first-order valence-electron chi connectivity index (χ1n) is 5.62. The van der Waals surface area contributed by atoms with Gasteiger partial charge in [0, 0.05) is 25.2 Å². The van der Waals surface area contributed by atoms with E-state index in [1.54, 1.807) is 12.1 Å². The van der Waals surface area contributed by atoms with Crippen LogP contribution in [0.15, 0.2) is 18.2 Å². The summed E-state index contributed by atoms with van der Waals surface area (Å²) in [5.74, 6) is 2.64. The van der Waals surface area contributed by atoms with Crippen LogP contribution >= 0.6 is 0 Å². The summed E-state index contributed by atoms with van der Waals surface area (Å²) in [7, 11) is 0. The minimum Gasteiger partial charge on any atom is -0.292 e. The van der Waals surface area contributed by atoms with Crippen molar-refractivity contribution in [2.24, 2.45) is 0 Å². The lowest BCUT2D eigenvalue weighted by atomic mass is 10.0. The Labute approximate surface area is 100 Å². The number of benzene rings is 1. The minimum atomic E-state index is -0.343. The third kappa shape index (κ3) is 2.63. The van der Waals surface area contributed by atoms with Crippen molar-refractivity contribution in [2.45, 2.75) is 12.8 Å². The largest absolute Gasteiger partial charge is 0.292 e. The normalized spacial score (nSPS) is 15.7. The van der Waals surface area contributed by atoms with E-state index in [-0.39, 0.29) is 10.6 Å². The molecule has 0 atom stereocenters. The van der Waals surface area contributed by atoms with Gasteiger partial charge >= 0.3 is 0 Å². The van der Waals surface area contributed by atoms with Crippen LogP contribution in [0.5, 0.6) is 0 Å². The van der Waals surface area contributed by atoms with Crippen molar-refractivity contribution in [1.82, 2.24) is 4.90 Å². The molecule has 1 heterocycles. The number of hydrogen-bond acceptors (Lipinski definition) is 3. The van der Waals surface area contributed by atoms with Crippen LogP contribution < -0.4 is 0 Å². The lowest BCUT2D eigenvalue weighted by Crippen LogP contribution is -2.26. The minimum absolute atomic E-state index is 0.175. The summed E-state index contributed by atoms with van der Waals surface area (Å²) in [6, 6.07) is 5.14. The zero-order valence-corrected chi connectivity index (χ0v) is 9.56. The highest BCUT2D eigenvalue weighted by atomic mass is 16.6. The van der Waals surface area contributed by atoms with E-state index >= 15 is 0 Å². The van der Waals surface area contributed by atoms with E-state index in [2.05, 4.69) is 10.8 Å². The molecular formula is C13H14N2O2. The van der Waals surface area contributed by atoms with Crippen LogP contribution in [0.25, 0.3) is 0 Å². The highest BCUT2D eigenvalue weighted by Gasteiger charge is 2.16. The topological polar surface area (TPSA) is 46.4 Å². The zero-order valence-electron chi connectivity index (χ0n) is 9.56. The van der Waals surface area contributed by atoms with Crippen molar-refractivity contribution >= 4 is 5.69 Å². The molecule has 0 aliphatic carbocycles. The molecule has 0 N–H and O–H groups in total. The molecule has 0 saturated heterocycles. The van der Waals surface area contributed by atoms with Gasteiger partial charge in [-0.2, -0.15) is 0 Å². The zero-order chi connectivity index (χ0) is 12.3. The van der Waals surface area contributed by atoms with Crippen molar-refractivity contribution in [3.8, 4) is 12.3 Å². The second-order valence-electron chi connectivity index (χ2n) is 4.19. The van der Waals surface area contributed by atoms with Gasteiger partial charge in [-0.1, -0.05) is 12.0 Å². The molecule has 88 valence electrons. The molecule has 4 nitrogen and oxygen atoms in total. The lowest BCUT2D eigenvalue weighted by molar-refractivity contribution is -0.384.